The van der Waals surface area contributed by atoms with E-state index in [2.05, 4.69) is 23.2 Å². The van der Waals surface area contributed by atoms with Gasteiger partial charge in [-0.1, -0.05) is 6.92 Å². The first kappa shape index (κ1) is 12.9. The highest BCUT2D eigenvalue weighted by Crippen LogP contribution is 2.35. The van der Waals surface area contributed by atoms with Gasteiger partial charge in [-0.25, -0.2) is 0 Å². The first-order valence-electron chi connectivity index (χ1n) is 7.07. The summed E-state index contributed by atoms with van der Waals surface area (Å²) < 4.78 is 0. The molecule has 1 unspecified atom stereocenters. The third kappa shape index (κ3) is 3.97. The lowest BCUT2D eigenvalue weighted by atomic mass is 9.99. The van der Waals surface area contributed by atoms with Crippen LogP contribution in [0.2, 0.25) is 0 Å². The van der Waals surface area contributed by atoms with Crippen LogP contribution in [-0.2, 0) is 0 Å². The standard InChI is InChI=1S/C14H25N3/c1-3-16-14(2,11-15)8-9-17(13-6-7-13)10-12-4-5-12/h12-13,16H,3-10H2,1-2H3. The zero-order valence-electron chi connectivity index (χ0n) is 11.2. The molecule has 17 heavy (non-hydrogen) atoms. The number of nitrogens with zero attached hydrogens (tertiary/aromatic N) is 2. The summed E-state index contributed by atoms with van der Waals surface area (Å²) in [6, 6.07) is 3.26. The van der Waals surface area contributed by atoms with Crippen molar-refractivity contribution >= 4 is 0 Å². The molecule has 1 atom stereocenters. The molecule has 0 aromatic carbocycles. The fourth-order valence-corrected chi connectivity index (χ4v) is 2.44. The van der Waals surface area contributed by atoms with Crippen LogP contribution in [0.15, 0.2) is 0 Å². The van der Waals surface area contributed by atoms with Crippen molar-refractivity contribution in [3.05, 3.63) is 0 Å². The fraction of sp³-hybridized carbons (Fsp3) is 0.929. The number of rotatable bonds is 8. The van der Waals surface area contributed by atoms with Gasteiger partial charge >= 0.3 is 0 Å². The molecule has 0 aromatic heterocycles. The summed E-state index contributed by atoms with van der Waals surface area (Å²) in [5.74, 6) is 0.961. The van der Waals surface area contributed by atoms with E-state index < -0.39 is 0 Å². The second-order valence-corrected chi connectivity index (χ2v) is 5.89. The van der Waals surface area contributed by atoms with Crippen molar-refractivity contribution in [2.75, 3.05) is 19.6 Å². The van der Waals surface area contributed by atoms with Crippen molar-refractivity contribution in [2.24, 2.45) is 5.92 Å². The largest absolute Gasteiger partial charge is 0.300 e. The molecular weight excluding hydrogens is 210 g/mol. The fourth-order valence-electron chi connectivity index (χ4n) is 2.44. The summed E-state index contributed by atoms with van der Waals surface area (Å²) in [7, 11) is 0. The van der Waals surface area contributed by atoms with Gasteiger partial charge in [0, 0.05) is 19.1 Å². The molecule has 2 saturated carbocycles. The van der Waals surface area contributed by atoms with Crippen LogP contribution < -0.4 is 5.32 Å². The van der Waals surface area contributed by atoms with Gasteiger partial charge in [-0.05, 0) is 51.5 Å². The lowest BCUT2D eigenvalue weighted by molar-refractivity contribution is 0.228. The molecule has 0 amide bonds. The molecule has 0 aliphatic heterocycles. The highest BCUT2D eigenvalue weighted by Gasteiger charge is 2.34. The van der Waals surface area contributed by atoms with Crippen LogP contribution in [-0.4, -0.2) is 36.1 Å². The van der Waals surface area contributed by atoms with Gasteiger partial charge < -0.3 is 4.90 Å². The molecule has 0 spiro atoms. The van der Waals surface area contributed by atoms with Crippen molar-refractivity contribution in [3.63, 3.8) is 0 Å². The highest BCUT2D eigenvalue weighted by molar-refractivity contribution is 5.04. The highest BCUT2D eigenvalue weighted by atomic mass is 15.2. The van der Waals surface area contributed by atoms with Crippen molar-refractivity contribution in [3.8, 4) is 6.07 Å². The zero-order chi connectivity index (χ0) is 12.3. The average Bonchev–Trinajstić information content (AvgIpc) is 3.16. The van der Waals surface area contributed by atoms with E-state index in [1.54, 1.807) is 0 Å². The quantitative estimate of drug-likeness (QED) is 0.700. The van der Waals surface area contributed by atoms with Crippen molar-refractivity contribution in [1.82, 2.24) is 10.2 Å². The van der Waals surface area contributed by atoms with Crippen molar-refractivity contribution < 1.29 is 0 Å². The molecule has 2 fully saturated rings. The monoisotopic (exact) mass is 235 g/mol. The maximum absolute atomic E-state index is 9.25. The second kappa shape index (κ2) is 5.37. The van der Waals surface area contributed by atoms with Gasteiger partial charge in [0.2, 0.25) is 0 Å². The first-order valence-corrected chi connectivity index (χ1v) is 7.07. The summed E-state index contributed by atoms with van der Waals surface area (Å²) in [5.41, 5.74) is -0.342. The minimum atomic E-state index is -0.342. The predicted octanol–water partition coefficient (Wildman–Crippen LogP) is 2.14. The minimum Gasteiger partial charge on any atom is -0.300 e. The van der Waals surface area contributed by atoms with Crippen LogP contribution in [0.25, 0.3) is 0 Å². The Bertz CT molecular complexity index is 288. The van der Waals surface area contributed by atoms with Gasteiger partial charge in [-0.3, -0.25) is 5.32 Å². The second-order valence-electron chi connectivity index (χ2n) is 5.89. The molecule has 2 aliphatic carbocycles. The maximum Gasteiger partial charge on any atom is 0.105 e. The van der Waals surface area contributed by atoms with Crippen LogP contribution in [0.3, 0.4) is 0 Å². The zero-order valence-corrected chi connectivity index (χ0v) is 11.2. The maximum atomic E-state index is 9.25. The van der Waals surface area contributed by atoms with Crippen LogP contribution in [0.5, 0.6) is 0 Å². The van der Waals surface area contributed by atoms with Gasteiger partial charge in [0.1, 0.15) is 5.54 Å². The molecule has 0 saturated heterocycles. The van der Waals surface area contributed by atoms with Gasteiger partial charge in [0.05, 0.1) is 6.07 Å². The molecule has 2 aliphatic rings. The normalized spacial score (nSPS) is 23.4. The SMILES string of the molecule is CCNC(C)(C#N)CCN(CC1CC1)C1CC1. The summed E-state index contributed by atoms with van der Waals surface area (Å²) >= 11 is 0. The van der Waals surface area contributed by atoms with E-state index >= 15 is 0 Å². The topological polar surface area (TPSA) is 39.1 Å². The lowest BCUT2D eigenvalue weighted by Crippen LogP contribution is -2.44. The van der Waals surface area contributed by atoms with E-state index in [0.717, 1.165) is 31.5 Å². The van der Waals surface area contributed by atoms with Gasteiger partial charge in [-0.2, -0.15) is 5.26 Å². The Hall–Kier alpha value is -0.590. The van der Waals surface area contributed by atoms with Gasteiger partial charge in [-0.15, -0.1) is 0 Å². The Morgan fingerprint density at radius 1 is 1.35 bits per heavy atom. The Morgan fingerprint density at radius 2 is 2.06 bits per heavy atom. The van der Waals surface area contributed by atoms with E-state index in [0.29, 0.717) is 0 Å². The molecule has 96 valence electrons. The molecule has 0 radical (unpaired) electrons. The van der Waals surface area contributed by atoms with Crippen molar-refractivity contribution in [1.29, 1.82) is 5.26 Å². The summed E-state index contributed by atoms with van der Waals surface area (Å²) in [4.78, 5) is 2.63. The van der Waals surface area contributed by atoms with E-state index in [9.17, 15) is 5.26 Å². The molecular formula is C14H25N3. The third-order valence-corrected chi connectivity index (χ3v) is 3.97. The van der Waals surface area contributed by atoms with Gasteiger partial charge in [0.25, 0.3) is 0 Å². The number of nitrogens with one attached hydrogen (secondary N) is 1. The Kier molecular flexibility index (Phi) is 4.06. The van der Waals surface area contributed by atoms with E-state index in [1.807, 2.05) is 6.92 Å². The van der Waals surface area contributed by atoms with Crippen LogP contribution in [0.4, 0.5) is 0 Å². The summed E-state index contributed by atoms with van der Waals surface area (Å²) in [5, 5.41) is 12.6. The molecule has 3 heteroatoms. The Balaban J connectivity index is 1.78. The smallest absolute Gasteiger partial charge is 0.105 e. The molecule has 0 aromatic rings. The average molecular weight is 235 g/mol. The first-order chi connectivity index (χ1) is 8.17. The van der Waals surface area contributed by atoms with E-state index in [4.69, 9.17) is 0 Å². The van der Waals surface area contributed by atoms with Crippen LogP contribution in [0, 0.1) is 17.2 Å². The summed E-state index contributed by atoms with van der Waals surface area (Å²) in [6.07, 6.45) is 6.53. The third-order valence-electron chi connectivity index (χ3n) is 3.97. The van der Waals surface area contributed by atoms with Crippen molar-refractivity contribution in [2.45, 2.75) is 57.5 Å². The minimum absolute atomic E-state index is 0.342. The Morgan fingerprint density at radius 3 is 2.53 bits per heavy atom. The molecule has 3 nitrogen and oxygen atoms in total. The van der Waals surface area contributed by atoms with E-state index in [1.165, 1.54) is 32.2 Å². The Labute approximate surface area is 105 Å². The molecule has 0 bridgehead atoms. The number of hydrogen-bond donors (Lipinski definition) is 1. The predicted molar refractivity (Wildman–Crippen MR) is 69.6 cm³/mol. The lowest BCUT2D eigenvalue weighted by Gasteiger charge is -2.28. The van der Waals surface area contributed by atoms with Crippen LogP contribution >= 0.6 is 0 Å². The number of hydrogen-bond acceptors (Lipinski definition) is 3. The molecule has 0 heterocycles. The molecule has 2 rings (SSSR count). The summed E-state index contributed by atoms with van der Waals surface area (Å²) in [6.45, 7) is 7.32. The molecule has 1 N–H and O–H groups in total. The van der Waals surface area contributed by atoms with E-state index in [-0.39, 0.29) is 5.54 Å². The van der Waals surface area contributed by atoms with Crippen LogP contribution in [0.1, 0.15) is 46.0 Å². The number of nitriles is 1. The van der Waals surface area contributed by atoms with Gasteiger partial charge in [0.15, 0.2) is 0 Å².